The van der Waals surface area contributed by atoms with Gasteiger partial charge in [-0.25, -0.2) is 0 Å². The lowest BCUT2D eigenvalue weighted by molar-refractivity contribution is -0.149. The Balaban J connectivity index is 2.23. The summed E-state index contributed by atoms with van der Waals surface area (Å²) in [5.74, 6) is 0.00218. The first-order valence-corrected chi connectivity index (χ1v) is 6.02. The molecule has 0 N–H and O–H groups in total. The molecule has 1 spiro atoms. The minimum atomic E-state index is -0.274. The van der Waals surface area contributed by atoms with Crippen LogP contribution in [0.25, 0.3) is 0 Å². The standard InChI is InChI=1S/C14H20O2/c1-4-5-6-11-7-8-14(13(11,2)3)9-10-16-12(14)15/h4,7H,1,5-6,8-10H2,2-3H3/t14-/m0/s1. The zero-order valence-corrected chi connectivity index (χ0v) is 10.2. The van der Waals surface area contributed by atoms with E-state index < -0.39 is 0 Å². The Morgan fingerprint density at radius 2 is 2.31 bits per heavy atom. The van der Waals surface area contributed by atoms with Gasteiger partial charge in [0, 0.05) is 5.41 Å². The Bertz CT molecular complexity index is 352. The van der Waals surface area contributed by atoms with Crippen molar-refractivity contribution in [1.82, 2.24) is 0 Å². The molecule has 0 radical (unpaired) electrons. The summed E-state index contributed by atoms with van der Waals surface area (Å²) in [5.41, 5.74) is 1.07. The fourth-order valence-corrected chi connectivity index (χ4v) is 3.10. The van der Waals surface area contributed by atoms with E-state index in [1.807, 2.05) is 6.08 Å². The van der Waals surface area contributed by atoms with Gasteiger partial charge in [0.05, 0.1) is 12.0 Å². The first kappa shape index (κ1) is 11.4. The van der Waals surface area contributed by atoms with Gasteiger partial charge in [0.25, 0.3) is 0 Å². The molecular formula is C14H20O2. The Morgan fingerprint density at radius 1 is 1.56 bits per heavy atom. The molecule has 16 heavy (non-hydrogen) atoms. The largest absolute Gasteiger partial charge is 0.465 e. The van der Waals surface area contributed by atoms with Crippen LogP contribution in [0.2, 0.25) is 0 Å². The van der Waals surface area contributed by atoms with Crippen LogP contribution in [0.4, 0.5) is 0 Å². The molecule has 0 saturated carbocycles. The number of cyclic esters (lactones) is 1. The summed E-state index contributed by atoms with van der Waals surface area (Å²) in [7, 11) is 0. The predicted octanol–water partition coefficient (Wildman–Crippen LogP) is 3.24. The molecule has 1 heterocycles. The Labute approximate surface area is 97.4 Å². The third-order valence-corrected chi connectivity index (χ3v) is 4.47. The van der Waals surface area contributed by atoms with E-state index in [0.29, 0.717) is 6.61 Å². The maximum atomic E-state index is 12.0. The van der Waals surface area contributed by atoms with Crippen LogP contribution in [0.15, 0.2) is 24.3 Å². The normalized spacial score (nSPS) is 31.6. The van der Waals surface area contributed by atoms with Gasteiger partial charge in [-0.15, -0.1) is 6.58 Å². The van der Waals surface area contributed by atoms with Gasteiger partial charge in [-0.1, -0.05) is 31.6 Å². The minimum Gasteiger partial charge on any atom is -0.465 e. The zero-order chi connectivity index (χ0) is 11.8. The van der Waals surface area contributed by atoms with Gasteiger partial charge in [0.2, 0.25) is 0 Å². The van der Waals surface area contributed by atoms with Crippen LogP contribution in [-0.2, 0) is 9.53 Å². The van der Waals surface area contributed by atoms with Crippen molar-refractivity contribution in [3.8, 4) is 0 Å². The van der Waals surface area contributed by atoms with E-state index in [-0.39, 0.29) is 16.8 Å². The molecule has 1 aliphatic carbocycles. The molecule has 1 fully saturated rings. The smallest absolute Gasteiger partial charge is 0.313 e. The highest BCUT2D eigenvalue weighted by atomic mass is 16.5. The van der Waals surface area contributed by atoms with Crippen molar-refractivity contribution in [2.24, 2.45) is 10.8 Å². The summed E-state index contributed by atoms with van der Waals surface area (Å²) >= 11 is 0. The molecule has 0 aromatic heterocycles. The predicted molar refractivity (Wildman–Crippen MR) is 63.9 cm³/mol. The maximum absolute atomic E-state index is 12.0. The second-order valence-electron chi connectivity index (χ2n) is 5.35. The molecule has 2 rings (SSSR count). The van der Waals surface area contributed by atoms with Crippen LogP contribution in [-0.4, -0.2) is 12.6 Å². The first-order chi connectivity index (χ1) is 7.54. The lowest BCUT2D eigenvalue weighted by Crippen LogP contribution is -2.39. The molecule has 2 heteroatoms. The molecule has 0 aromatic carbocycles. The zero-order valence-electron chi connectivity index (χ0n) is 10.2. The van der Waals surface area contributed by atoms with Crippen molar-refractivity contribution >= 4 is 5.97 Å². The van der Waals surface area contributed by atoms with Crippen LogP contribution in [0, 0.1) is 10.8 Å². The molecule has 0 bridgehead atoms. The molecule has 1 atom stereocenters. The molecule has 0 aromatic rings. The van der Waals surface area contributed by atoms with Gasteiger partial charge in [-0.05, 0) is 25.7 Å². The topological polar surface area (TPSA) is 26.3 Å². The van der Waals surface area contributed by atoms with Gasteiger partial charge in [0.15, 0.2) is 0 Å². The number of esters is 1. The summed E-state index contributed by atoms with van der Waals surface area (Å²) in [4.78, 5) is 12.0. The van der Waals surface area contributed by atoms with Crippen molar-refractivity contribution < 1.29 is 9.53 Å². The van der Waals surface area contributed by atoms with Gasteiger partial charge in [0.1, 0.15) is 0 Å². The number of allylic oxidation sites excluding steroid dienone is 3. The maximum Gasteiger partial charge on any atom is 0.313 e. The van der Waals surface area contributed by atoms with Gasteiger partial charge < -0.3 is 4.74 Å². The molecule has 0 unspecified atom stereocenters. The fraction of sp³-hybridized carbons (Fsp3) is 0.643. The Hall–Kier alpha value is -1.05. The summed E-state index contributed by atoms with van der Waals surface area (Å²) < 4.78 is 5.19. The average molecular weight is 220 g/mol. The monoisotopic (exact) mass is 220 g/mol. The first-order valence-electron chi connectivity index (χ1n) is 6.02. The molecule has 1 saturated heterocycles. The number of ether oxygens (including phenoxy) is 1. The molecular weight excluding hydrogens is 200 g/mol. The van der Waals surface area contributed by atoms with Crippen molar-refractivity contribution in [3.05, 3.63) is 24.3 Å². The van der Waals surface area contributed by atoms with Crippen molar-refractivity contribution in [2.75, 3.05) is 6.61 Å². The van der Waals surface area contributed by atoms with Crippen LogP contribution in [0.3, 0.4) is 0 Å². The quantitative estimate of drug-likeness (QED) is 0.539. The summed E-state index contributed by atoms with van der Waals surface area (Å²) in [6.07, 6.45) is 7.91. The number of carbonyl (C=O) groups excluding carboxylic acids is 1. The van der Waals surface area contributed by atoms with E-state index in [0.717, 1.165) is 25.7 Å². The second kappa shape index (κ2) is 3.76. The van der Waals surface area contributed by atoms with E-state index in [1.54, 1.807) is 0 Å². The average Bonchev–Trinajstić information content (AvgIpc) is 2.71. The van der Waals surface area contributed by atoms with Crippen LogP contribution in [0.1, 0.15) is 39.5 Å². The van der Waals surface area contributed by atoms with E-state index in [2.05, 4.69) is 26.5 Å². The number of hydrogen-bond donors (Lipinski definition) is 0. The van der Waals surface area contributed by atoms with Gasteiger partial charge in [-0.2, -0.15) is 0 Å². The molecule has 88 valence electrons. The van der Waals surface area contributed by atoms with Gasteiger partial charge >= 0.3 is 5.97 Å². The van der Waals surface area contributed by atoms with Crippen LogP contribution < -0.4 is 0 Å². The third-order valence-electron chi connectivity index (χ3n) is 4.47. The van der Waals surface area contributed by atoms with Crippen LogP contribution in [0.5, 0.6) is 0 Å². The Kier molecular flexibility index (Phi) is 2.69. The Morgan fingerprint density at radius 3 is 2.88 bits per heavy atom. The number of carbonyl (C=O) groups is 1. The highest BCUT2D eigenvalue weighted by Gasteiger charge is 2.58. The summed E-state index contributed by atoms with van der Waals surface area (Å²) in [5, 5.41) is 0. The van der Waals surface area contributed by atoms with E-state index in [9.17, 15) is 4.79 Å². The van der Waals surface area contributed by atoms with Crippen molar-refractivity contribution in [1.29, 1.82) is 0 Å². The lowest BCUT2D eigenvalue weighted by atomic mass is 9.63. The number of rotatable bonds is 3. The third kappa shape index (κ3) is 1.35. The molecule has 2 aliphatic rings. The van der Waals surface area contributed by atoms with E-state index in [1.165, 1.54) is 5.57 Å². The van der Waals surface area contributed by atoms with Crippen molar-refractivity contribution in [2.45, 2.75) is 39.5 Å². The summed E-state index contributed by atoms with van der Waals surface area (Å²) in [6, 6.07) is 0. The SMILES string of the molecule is C=CCCC1=CC[C@@]2(CCOC2=O)C1(C)C. The minimum absolute atomic E-state index is 0.00218. The van der Waals surface area contributed by atoms with E-state index in [4.69, 9.17) is 4.74 Å². The van der Waals surface area contributed by atoms with Crippen LogP contribution >= 0.6 is 0 Å². The molecule has 2 nitrogen and oxygen atoms in total. The summed E-state index contributed by atoms with van der Waals surface area (Å²) in [6.45, 7) is 8.71. The lowest BCUT2D eigenvalue weighted by Gasteiger charge is -2.37. The molecule has 1 aliphatic heterocycles. The second-order valence-corrected chi connectivity index (χ2v) is 5.35. The van der Waals surface area contributed by atoms with Gasteiger partial charge in [-0.3, -0.25) is 4.79 Å². The number of hydrogen-bond acceptors (Lipinski definition) is 2. The van der Waals surface area contributed by atoms with E-state index >= 15 is 0 Å². The highest BCUT2D eigenvalue weighted by Crippen LogP contribution is 2.58. The molecule has 0 amide bonds. The van der Waals surface area contributed by atoms with Crippen molar-refractivity contribution in [3.63, 3.8) is 0 Å². The highest BCUT2D eigenvalue weighted by molar-refractivity contribution is 5.81. The fourth-order valence-electron chi connectivity index (χ4n) is 3.10.